The zero-order chi connectivity index (χ0) is 7.19. The third-order valence-electron chi connectivity index (χ3n) is 2.96. The number of hydrogen-bond donors (Lipinski definition) is 0. The van der Waals surface area contributed by atoms with E-state index < -0.39 is 4.87 Å². The van der Waals surface area contributed by atoms with Crippen molar-refractivity contribution in [3.05, 3.63) is 0 Å². The summed E-state index contributed by atoms with van der Waals surface area (Å²) in [7, 11) is 0. The van der Waals surface area contributed by atoms with Gasteiger partial charge < -0.3 is 0 Å². The lowest BCUT2D eigenvalue weighted by Crippen LogP contribution is -2.26. The summed E-state index contributed by atoms with van der Waals surface area (Å²) in [6.07, 6.45) is 4.63. The van der Waals surface area contributed by atoms with Gasteiger partial charge in [0.15, 0.2) is 0 Å². The molecule has 0 heterocycles. The summed E-state index contributed by atoms with van der Waals surface area (Å²) >= 11 is 6.09. The van der Waals surface area contributed by atoms with Gasteiger partial charge in [-0.1, -0.05) is 0 Å². The minimum atomic E-state index is -0.469. The molecule has 0 spiro atoms. The van der Waals surface area contributed by atoms with E-state index in [1.807, 2.05) is 0 Å². The van der Waals surface area contributed by atoms with E-state index in [1.165, 1.54) is 19.3 Å². The lowest BCUT2D eigenvalue weighted by molar-refractivity contribution is 0.429. The van der Waals surface area contributed by atoms with Crippen LogP contribution in [0.1, 0.15) is 25.7 Å². The zero-order valence-corrected chi connectivity index (χ0v) is 6.56. The van der Waals surface area contributed by atoms with E-state index >= 15 is 0 Å². The van der Waals surface area contributed by atoms with Crippen LogP contribution in [-0.4, -0.2) is 4.87 Å². The fourth-order valence-electron chi connectivity index (χ4n) is 2.40. The summed E-state index contributed by atoms with van der Waals surface area (Å²) in [6.45, 7) is 0. The molecule has 0 aromatic carbocycles. The van der Waals surface area contributed by atoms with Gasteiger partial charge in [-0.15, -0.1) is 11.6 Å². The van der Waals surface area contributed by atoms with Gasteiger partial charge >= 0.3 is 0 Å². The van der Waals surface area contributed by atoms with Crippen molar-refractivity contribution < 1.29 is 0 Å². The highest BCUT2D eigenvalue weighted by atomic mass is 35.5. The van der Waals surface area contributed by atoms with Crippen LogP contribution >= 0.6 is 11.6 Å². The van der Waals surface area contributed by atoms with Gasteiger partial charge in [0, 0.05) is 0 Å². The van der Waals surface area contributed by atoms with Crippen molar-refractivity contribution in [3.63, 3.8) is 0 Å². The second kappa shape index (κ2) is 1.89. The fourth-order valence-corrected chi connectivity index (χ4v) is 2.82. The van der Waals surface area contributed by atoms with Gasteiger partial charge in [0.2, 0.25) is 0 Å². The van der Waals surface area contributed by atoms with Gasteiger partial charge in [-0.05, 0) is 37.5 Å². The molecule has 0 aromatic heterocycles. The Labute approximate surface area is 66.0 Å². The molecule has 54 valence electrons. The quantitative estimate of drug-likeness (QED) is 0.493. The van der Waals surface area contributed by atoms with Crippen LogP contribution in [0.4, 0.5) is 0 Å². The zero-order valence-electron chi connectivity index (χ0n) is 5.81. The van der Waals surface area contributed by atoms with Gasteiger partial charge in [-0.25, -0.2) is 0 Å². The molecule has 2 aliphatic rings. The maximum atomic E-state index is 8.77. The van der Waals surface area contributed by atoms with Crippen LogP contribution in [-0.2, 0) is 0 Å². The van der Waals surface area contributed by atoms with Crippen molar-refractivity contribution in [2.75, 3.05) is 0 Å². The first-order valence-electron chi connectivity index (χ1n) is 3.85. The Kier molecular flexibility index (Phi) is 1.22. The molecule has 10 heavy (non-hydrogen) atoms. The Morgan fingerprint density at radius 1 is 1.50 bits per heavy atom. The number of alkyl halides is 1. The molecule has 2 rings (SSSR count). The van der Waals surface area contributed by atoms with Crippen LogP contribution in [0.25, 0.3) is 0 Å². The summed E-state index contributed by atoms with van der Waals surface area (Å²) in [5, 5.41) is 8.77. The summed E-state index contributed by atoms with van der Waals surface area (Å²) in [5.41, 5.74) is 0. The Morgan fingerprint density at radius 3 is 2.60 bits per heavy atom. The predicted molar refractivity (Wildman–Crippen MR) is 39.6 cm³/mol. The highest BCUT2D eigenvalue weighted by molar-refractivity contribution is 6.26. The third-order valence-corrected chi connectivity index (χ3v) is 3.51. The van der Waals surface area contributed by atoms with E-state index in [9.17, 15) is 0 Å². The minimum Gasteiger partial charge on any atom is -0.196 e. The number of hydrogen-bond acceptors (Lipinski definition) is 1. The molecule has 2 heteroatoms. The van der Waals surface area contributed by atoms with Gasteiger partial charge in [0.1, 0.15) is 4.87 Å². The van der Waals surface area contributed by atoms with Crippen molar-refractivity contribution in [1.29, 1.82) is 5.26 Å². The molecule has 2 fully saturated rings. The van der Waals surface area contributed by atoms with Crippen molar-refractivity contribution in [2.24, 2.45) is 11.8 Å². The van der Waals surface area contributed by atoms with Crippen molar-refractivity contribution in [1.82, 2.24) is 0 Å². The van der Waals surface area contributed by atoms with Crippen LogP contribution in [0, 0.1) is 23.2 Å². The van der Waals surface area contributed by atoms with Gasteiger partial charge in [-0.2, -0.15) is 5.26 Å². The lowest BCUT2D eigenvalue weighted by atomic mass is 9.89. The number of nitrogens with zero attached hydrogens (tertiary/aromatic N) is 1. The molecule has 0 unspecified atom stereocenters. The normalized spacial score (nSPS) is 51.2. The number of rotatable bonds is 0. The second-order valence-electron chi connectivity index (χ2n) is 3.55. The molecular weight excluding hydrogens is 146 g/mol. The van der Waals surface area contributed by atoms with Crippen molar-refractivity contribution in [2.45, 2.75) is 30.6 Å². The molecule has 0 radical (unpaired) electrons. The second-order valence-corrected chi connectivity index (χ2v) is 4.23. The maximum Gasteiger partial charge on any atom is 0.134 e. The maximum absolute atomic E-state index is 8.77. The molecule has 0 aromatic rings. The molecule has 2 saturated carbocycles. The van der Waals surface area contributed by atoms with Crippen LogP contribution in [0.2, 0.25) is 0 Å². The summed E-state index contributed by atoms with van der Waals surface area (Å²) < 4.78 is 0. The van der Waals surface area contributed by atoms with E-state index in [4.69, 9.17) is 16.9 Å². The number of fused-ring (bicyclic) bond motifs is 2. The minimum absolute atomic E-state index is 0.469. The van der Waals surface area contributed by atoms with E-state index in [0.29, 0.717) is 5.92 Å². The molecule has 1 nitrogen and oxygen atoms in total. The molecule has 0 saturated heterocycles. The summed E-state index contributed by atoms with van der Waals surface area (Å²) in [6, 6.07) is 2.24. The van der Waals surface area contributed by atoms with E-state index in [1.54, 1.807) is 0 Å². The average Bonchev–Trinajstić information content (AvgIpc) is 2.46. The monoisotopic (exact) mass is 155 g/mol. The molecule has 0 N–H and O–H groups in total. The SMILES string of the molecule is N#C[C@]1(Cl)C[C@@H]2CC[C@H]1C2. The molecule has 0 aliphatic heterocycles. The third kappa shape index (κ3) is 0.689. The molecule has 2 bridgehead atoms. The predicted octanol–water partition coefficient (Wildman–Crippen LogP) is 2.31. The van der Waals surface area contributed by atoms with Crippen LogP contribution in [0.3, 0.4) is 0 Å². The average molecular weight is 156 g/mol. The highest BCUT2D eigenvalue weighted by Gasteiger charge is 2.50. The Hall–Kier alpha value is -0.220. The molecule has 2 aliphatic carbocycles. The molecule has 0 amide bonds. The largest absolute Gasteiger partial charge is 0.196 e. The first-order valence-corrected chi connectivity index (χ1v) is 4.22. The van der Waals surface area contributed by atoms with Crippen LogP contribution in [0.15, 0.2) is 0 Å². The lowest BCUT2D eigenvalue weighted by Gasteiger charge is -2.23. The Balaban J connectivity index is 2.24. The summed E-state index contributed by atoms with van der Waals surface area (Å²) in [5.74, 6) is 1.27. The number of nitriles is 1. The van der Waals surface area contributed by atoms with E-state index in [2.05, 4.69) is 6.07 Å². The van der Waals surface area contributed by atoms with E-state index in [0.717, 1.165) is 12.3 Å². The van der Waals surface area contributed by atoms with Crippen LogP contribution < -0.4 is 0 Å². The van der Waals surface area contributed by atoms with Gasteiger partial charge in [0.05, 0.1) is 6.07 Å². The molecule has 3 atom stereocenters. The smallest absolute Gasteiger partial charge is 0.134 e. The van der Waals surface area contributed by atoms with Gasteiger partial charge in [-0.3, -0.25) is 0 Å². The standard InChI is InChI=1S/C8H10ClN/c9-8(5-10)4-6-1-2-7(8)3-6/h6-7H,1-4H2/t6-,7+,8-/m1/s1. The van der Waals surface area contributed by atoms with Crippen molar-refractivity contribution >= 4 is 11.6 Å². The van der Waals surface area contributed by atoms with Gasteiger partial charge in [0.25, 0.3) is 0 Å². The Bertz CT molecular complexity index is 196. The van der Waals surface area contributed by atoms with E-state index in [-0.39, 0.29) is 0 Å². The fraction of sp³-hybridized carbons (Fsp3) is 0.875. The summed E-state index contributed by atoms with van der Waals surface area (Å²) in [4.78, 5) is -0.469. The Morgan fingerprint density at radius 2 is 2.30 bits per heavy atom. The van der Waals surface area contributed by atoms with Crippen LogP contribution in [0.5, 0.6) is 0 Å². The highest BCUT2D eigenvalue weighted by Crippen LogP contribution is 2.53. The van der Waals surface area contributed by atoms with Crippen molar-refractivity contribution in [3.8, 4) is 6.07 Å². The number of halogens is 1. The molecular formula is C8H10ClN. The first kappa shape index (κ1) is 6.49. The first-order chi connectivity index (χ1) is 4.74. The topological polar surface area (TPSA) is 23.8 Å².